The topological polar surface area (TPSA) is 83.7 Å². The van der Waals surface area contributed by atoms with E-state index in [0.717, 1.165) is 6.54 Å². The summed E-state index contributed by atoms with van der Waals surface area (Å²) in [5, 5.41) is 19.7. The molecule has 0 unspecified atom stereocenters. The highest BCUT2D eigenvalue weighted by molar-refractivity contribution is 5.93. The van der Waals surface area contributed by atoms with Crippen LogP contribution in [0.1, 0.15) is 23.2 Å². The fourth-order valence-electron chi connectivity index (χ4n) is 1.89. The minimum Gasteiger partial charge on any atom is -0.477 e. The number of benzene rings is 1. The van der Waals surface area contributed by atoms with Gasteiger partial charge in [-0.25, -0.2) is 4.79 Å². The highest BCUT2D eigenvalue weighted by Crippen LogP contribution is 2.32. The smallest absolute Gasteiger partial charge is 0.342 e. The maximum absolute atomic E-state index is 11.0. The Morgan fingerprint density at radius 3 is 2.72 bits per heavy atom. The standard InChI is InChI=1S/C12H14N2O4/c1-13(7-8-2-3-8)9-4-5-11(14(17)18)10(6-9)12(15)16/h4-6,8H,2-3,7H2,1H3,(H,15,16). The molecule has 0 radical (unpaired) electrons. The molecule has 0 amide bonds. The molecule has 1 aromatic rings. The molecular formula is C12H14N2O4. The molecule has 0 aromatic heterocycles. The van der Waals surface area contributed by atoms with E-state index in [-0.39, 0.29) is 11.3 Å². The van der Waals surface area contributed by atoms with Crippen molar-refractivity contribution in [3.05, 3.63) is 33.9 Å². The molecule has 96 valence electrons. The molecule has 0 aliphatic heterocycles. The van der Waals surface area contributed by atoms with Crippen LogP contribution in [0.5, 0.6) is 0 Å². The summed E-state index contributed by atoms with van der Waals surface area (Å²) in [6, 6.07) is 4.21. The number of carboxylic acids is 1. The highest BCUT2D eigenvalue weighted by atomic mass is 16.6. The van der Waals surface area contributed by atoms with Crippen molar-refractivity contribution in [2.75, 3.05) is 18.5 Å². The van der Waals surface area contributed by atoms with Gasteiger partial charge in [0.15, 0.2) is 0 Å². The maximum atomic E-state index is 11.0. The Morgan fingerprint density at radius 2 is 2.22 bits per heavy atom. The van der Waals surface area contributed by atoms with E-state index in [1.807, 2.05) is 11.9 Å². The Kier molecular flexibility index (Phi) is 3.18. The van der Waals surface area contributed by atoms with Crippen LogP contribution >= 0.6 is 0 Å². The SMILES string of the molecule is CN(CC1CC1)c1ccc([N+](=O)[O-])c(C(=O)O)c1. The number of anilines is 1. The number of aromatic carboxylic acids is 1. The predicted octanol–water partition coefficient (Wildman–Crippen LogP) is 2.14. The van der Waals surface area contributed by atoms with Gasteiger partial charge in [0.05, 0.1) is 4.92 Å². The average molecular weight is 250 g/mol. The maximum Gasteiger partial charge on any atom is 0.342 e. The first-order chi connectivity index (χ1) is 8.49. The fourth-order valence-corrected chi connectivity index (χ4v) is 1.89. The van der Waals surface area contributed by atoms with Crippen molar-refractivity contribution in [2.45, 2.75) is 12.8 Å². The molecule has 0 saturated heterocycles. The molecule has 1 aromatic carbocycles. The van der Waals surface area contributed by atoms with Gasteiger partial charge in [0.1, 0.15) is 5.56 Å². The Morgan fingerprint density at radius 1 is 1.56 bits per heavy atom. The van der Waals surface area contributed by atoms with E-state index in [0.29, 0.717) is 11.6 Å². The molecule has 1 aliphatic rings. The zero-order valence-corrected chi connectivity index (χ0v) is 10.00. The summed E-state index contributed by atoms with van der Waals surface area (Å²) in [6.07, 6.45) is 2.40. The molecule has 0 atom stereocenters. The van der Waals surface area contributed by atoms with E-state index in [1.54, 1.807) is 6.07 Å². The largest absolute Gasteiger partial charge is 0.477 e. The Balaban J connectivity index is 2.29. The molecule has 1 saturated carbocycles. The van der Waals surface area contributed by atoms with E-state index < -0.39 is 10.9 Å². The van der Waals surface area contributed by atoms with Crippen molar-refractivity contribution in [3.63, 3.8) is 0 Å². The molecule has 2 rings (SSSR count). The summed E-state index contributed by atoms with van der Waals surface area (Å²) in [7, 11) is 1.87. The molecule has 0 heterocycles. The number of nitrogens with zero attached hydrogens (tertiary/aromatic N) is 2. The summed E-state index contributed by atoms with van der Waals surface area (Å²) < 4.78 is 0. The fraction of sp³-hybridized carbons (Fsp3) is 0.417. The van der Waals surface area contributed by atoms with Crippen LogP contribution in [-0.2, 0) is 0 Å². The molecule has 1 aliphatic carbocycles. The van der Waals surface area contributed by atoms with Crippen molar-refractivity contribution in [1.29, 1.82) is 0 Å². The normalized spacial score (nSPS) is 14.3. The van der Waals surface area contributed by atoms with Gasteiger partial charge in [0.2, 0.25) is 0 Å². The van der Waals surface area contributed by atoms with Crippen LogP contribution in [0.15, 0.2) is 18.2 Å². The van der Waals surface area contributed by atoms with Crippen molar-refractivity contribution < 1.29 is 14.8 Å². The molecule has 1 N–H and O–H groups in total. The van der Waals surface area contributed by atoms with Gasteiger partial charge < -0.3 is 10.0 Å². The molecule has 0 spiro atoms. The van der Waals surface area contributed by atoms with Crippen molar-refractivity contribution in [3.8, 4) is 0 Å². The third-order valence-corrected chi connectivity index (χ3v) is 3.08. The van der Waals surface area contributed by atoms with Crippen LogP contribution in [0.2, 0.25) is 0 Å². The third kappa shape index (κ3) is 2.58. The predicted molar refractivity (Wildman–Crippen MR) is 66.0 cm³/mol. The van der Waals surface area contributed by atoms with Gasteiger partial charge in [-0.3, -0.25) is 10.1 Å². The Bertz CT molecular complexity index is 497. The lowest BCUT2D eigenvalue weighted by molar-refractivity contribution is -0.385. The lowest BCUT2D eigenvalue weighted by Crippen LogP contribution is -2.20. The summed E-state index contributed by atoms with van der Waals surface area (Å²) in [6.45, 7) is 0.858. The van der Waals surface area contributed by atoms with Crippen molar-refractivity contribution in [1.82, 2.24) is 0 Å². The van der Waals surface area contributed by atoms with Gasteiger partial charge in [0.25, 0.3) is 5.69 Å². The minimum atomic E-state index is -1.27. The Labute approximate surface area is 104 Å². The second kappa shape index (κ2) is 4.64. The molecule has 1 fully saturated rings. The van der Waals surface area contributed by atoms with Gasteiger partial charge >= 0.3 is 5.97 Å². The Hall–Kier alpha value is -2.11. The number of carboxylic acid groups (broad SMARTS) is 1. The molecular weight excluding hydrogens is 236 g/mol. The molecule has 6 nitrogen and oxygen atoms in total. The minimum absolute atomic E-state index is 0.264. The lowest BCUT2D eigenvalue weighted by Gasteiger charge is -2.19. The van der Waals surface area contributed by atoms with Crippen LogP contribution in [0, 0.1) is 16.0 Å². The number of hydrogen-bond acceptors (Lipinski definition) is 4. The van der Waals surface area contributed by atoms with Gasteiger partial charge in [0, 0.05) is 25.3 Å². The van der Waals surface area contributed by atoms with Gasteiger partial charge in [-0.1, -0.05) is 0 Å². The molecule has 6 heteroatoms. The zero-order valence-electron chi connectivity index (χ0n) is 10.00. The van der Waals surface area contributed by atoms with Crippen molar-refractivity contribution >= 4 is 17.3 Å². The van der Waals surface area contributed by atoms with Crippen LogP contribution < -0.4 is 4.90 Å². The van der Waals surface area contributed by atoms with Gasteiger partial charge in [-0.2, -0.15) is 0 Å². The number of nitro benzene ring substituents is 1. The van der Waals surface area contributed by atoms with Crippen LogP contribution in [0.3, 0.4) is 0 Å². The van der Waals surface area contributed by atoms with E-state index >= 15 is 0 Å². The first-order valence-electron chi connectivity index (χ1n) is 5.72. The van der Waals surface area contributed by atoms with Crippen molar-refractivity contribution in [2.24, 2.45) is 5.92 Å². The molecule has 0 bridgehead atoms. The zero-order chi connectivity index (χ0) is 13.3. The van der Waals surface area contributed by atoms with Gasteiger partial charge in [-0.15, -0.1) is 0 Å². The first-order valence-corrected chi connectivity index (χ1v) is 5.72. The number of hydrogen-bond donors (Lipinski definition) is 1. The van der Waals surface area contributed by atoms with Crippen LogP contribution in [0.25, 0.3) is 0 Å². The number of carbonyl (C=O) groups is 1. The van der Waals surface area contributed by atoms with Gasteiger partial charge in [-0.05, 0) is 30.9 Å². The number of rotatable bonds is 5. The number of nitro groups is 1. The lowest BCUT2D eigenvalue weighted by atomic mass is 10.1. The second-order valence-corrected chi connectivity index (χ2v) is 4.59. The summed E-state index contributed by atoms with van der Waals surface area (Å²) >= 11 is 0. The monoisotopic (exact) mass is 250 g/mol. The molecule has 18 heavy (non-hydrogen) atoms. The van der Waals surface area contributed by atoms with E-state index in [4.69, 9.17) is 5.11 Å². The average Bonchev–Trinajstić information content (AvgIpc) is 3.11. The van der Waals surface area contributed by atoms with E-state index in [9.17, 15) is 14.9 Å². The second-order valence-electron chi connectivity index (χ2n) is 4.59. The quantitative estimate of drug-likeness (QED) is 0.639. The highest BCUT2D eigenvalue weighted by Gasteiger charge is 2.25. The summed E-state index contributed by atoms with van der Waals surface area (Å²) in [5.74, 6) is -0.609. The summed E-state index contributed by atoms with van der Waals surface area (Å²) in [4.78, 5) is 23.0. The van der Waals surface area contributed by atoms with E-state index in [1.165, 1.54) is 25.0 Å². The third-order valence-electron chi connectivity index (χ3n) is 3.08. The van der Waals surface area contributed by atoms with E-state index in [2.05, 4.69) is 0 Å². The van der Waals surface area contributed by atoms with Crippen LogP contribution in [-0.4, -0.2) is 29.6 Å². The first kappa shape index (κ1) is 12.3. The summed E-state index contributed by atoms with van der Waals surface area (Å²) in [5.41, 5.74) is 0.0659. The van der Waals surface area contributed by atoms with Crippen LogP contribution in [0.4, 0.5) is 11.4 Å².